The van der Waals surface area contributed by atoms with Crippen molar-refractivity contribution in [2.75, 3.05) is 12.8 Å². The van der Waals surface area contributed by atoms with E-state index in [1.165, 1.54) is 7.05 Å². The molecule has 0 bridgehead atoms. The molecule has 3 aromatic rings. The molecule has 7 heteroatoms. The van der Waals surface area contributed by atoms with Crippen LogP contribution in [0.25, 0.3) is 16.6 Å². The van der Waals surface area contributed by atoms with Crippen molar-refractivity contribution >= 4 is 26.6 Å². The summed E-state index contributed by atoms with van der Waals surface area (Å²) in [5, 5.41) is 5.17. The van der Waals surface area contributed by atoms with E-state index in [0.717, 1.165) is 10.9 Å². The molecule has 0 amide bonds. The first-order chi connectivity index (χ1) is 10.0. The number of anilines is 1. The van der Waals surface area contributed by atoms with Crippen LogP contribution in [0.3, 0.4) is 0 Å². The van der Waals surface area contributed by atoms with Crippen LogP contribution in [0.15, 0.2) is 53.6 Å². The number of para-hydroxylation sites is 1. The van der Waals surface area contributed by atoms with Crippen molar-refractivity contribution in [2.45, 2.75) is 4.90 Å². The first-order valence-corrected chi connectivity index (χ1v) is 7.77. The standard InChI is InChI=1S/C14H14N4O2S/c1-16-21(19,20)14-5-3-2-4-12(14)18-13-8-11(15)7-6-10(13)9-17-18/h2-9,16H,15H2,1H3. The van der Waals surface area contributed by atoms with Gasteiger partial charge in [-0.05, 0) is 37.4 Å². The first kappa shape index (κ1) is 13.6. The molecule has 0 atom stereocenters. The van der Waals surface area contributed by atoms with E-state index in [1.54, 1.807) is 47.3 Å². The smallest absolute Gasteiger partial charge is 0.242 e. The van der Waals surface area contributed by atoms with Gasteiger partial charge in [0.25, 0.3) is 0 Å². The molecule has 2 aromatic carbocycles. The number of nitrogens with zero attached hydrogens (tertiary/aromatic N) is 2. The van der Waals surface area contributed by atoms with Crippen molar-refractivity contribution in [3.05, 3.63) is 48.7 Å². The number of fused-ring (bicyclic) bond motifs is 1. The molecule has 0 spiro atoms. The Morgan fingerprint density at radius 1 is 1.19 bits per heavy atom. The molecule has 0 saturated heterocycles. The van der Waals surface area contributed by atoms with Gasteiger partial charge in [-0.2, -0.15) is 5.10 Å². The lowest BCUT2D eigenvalue weighted by Gasteiger charge is -2.10. The van der Waals surface area contributed by atoms with Crippen LogP contribution >= 0.6 is 0 Å². The molecule has 21 heavy (non-hydrogen) atoms. The van der Waals surface area contributed by atoms with Gasteiger partial charge in [-0.15, -0.1) is 0 Å². The minimum Gasteiger partial charge on any atom is -0.399 e. The zero-order valence-corrected chi connectivity index (χ0v) is 12.1. The van der Waals surface area contributed by atoms with E-state index in [0.29, 0.717) is 11.4 Å². The summed E-state index contributed by atoms with van der Waals surface area (Å²) >= 11 is 0. The lowest BCUT2D eigenvalue weighted by atomic mass is 10.2. The average Bonchev–Trinajstić information content (AvgIpc) is 2.90. The Morgan fingerprint density at radius 3 is 2.71 bits per heavy atom. The molecule has 108 valence electrons. The Labute approximate surface area is 122 Å². The van der Waals surface area contributed by atoms with Gasteiger partial charge in [-0.3, -0.25) is 0 Å². The van der Waals surface area contributed by atoms with Crippen molar-refractivity contribution in [2.24, 2.45) is 0 Å². The fourth-order valence-corrected chi connectivity index (χ4v) is 3.10. The Kier molecular flexibility index (Phi) is 3.15. The predicted octanol–water partition coefficient (Wildman–Crippen LogP) is 1.52. The number of nitrogens with one attached hydrogen (secondary N) is 1. The molecule has 3 N–H and O–H groups in total. The Hall–Kier alpha value is -2.38. The van der Waals surface area contributed by atoms with Crippen LogP contribution in [0, 0.1) is 0 Å². The molecule has 0 aliphatic rings. The summed E-state index contributed by atoms with van der Waals surface area (Å²) in [6.45, 7) is 0. The summed E-state index contributed by atoms with van der Waals surface area (Å²) in [5.41, 5.74) is 7.64. The van der Waals surface area contributed by atoms with E-state index in [-0.39, 0.29) is 4.90 Å². The van der Waals surface area contributed by atoms with Crippen LogP contribution in [0.5, 0.6) is 0 Å². The highest BCUT2D eigenvalue weighted by Gasteiger charge is 2.18. The van der Waals surface area contributed by atoms with Gasteiger partial charge in [0.05, 0.1) is 17.4 Å². The minimum absolute atomic E-state index is 0.167. The molecule has 0 aliphatic heterocycles. The molecule has 1 aromatic heterocycles. The topological polar surface area (TPSA) is 90.0 Å². The Balaban J connectivity index is 2.32. The number of hydrogen-bond acceptors (Lipinski definition) is 4. The Bertz CT molecular complexity index is 916. The summed E-state index contributed by atoms with van der Waals surface area (Å²) in [6.07, 6.45) is 1.68. The second kappa shape index (κ2) is 4.87. The molecule has 0 fully saturated rings. The largest absolute Gasteiger partial charge is 0.399 e. The van der Waals surface area contributed by atoms with Crippen LogP contribution in [-0.2, 0) is 10.0 Å². The zero-order valence-electron chi connectivity index (χ0n) is 11.3. The maximum Gasteiger partial charge on any atom is 0.242 e. The second-order valence-electron chi connectivity index (χ2n) is 4.55. The quantitative estimate of drug-likeness (QED) is 0.718. The summed E-state index contributed by atoms with van der Waals surface area (Å²) in [7, 11) is -2.20. The molecule has 0 aliphatic carbocycles. The number of nitrogen functional groups attached to an aromatic ring is 1. The van der Waals surface area contributed by atoms with E-state index in [4.69, 9.17) is 5.73 Å². The van der Waals surface area contributed by atoms with Gasteiger partial charge in [0, 0.05) is 11.1 Å². The van der Waals surface area contributed by atoms with Crippen molar-refractivity contribution in [1.29, 1.82) is 0 Å². The number of sulfonamides is 1. The van der Waals surface area contributed by atoms with Crippen molar-refractivity contribution in [1.82, 2.24) is 14.5 Å². The molecular weight excluding hydrogens is 288 g/mol. The molecule has 1 heterocycles. The monoisotopic (exact) mass is 302 g/mol. The predicted molar refractivity (Wildman–Crippen MR) is 81.7 cm³/mol. The summed E-state index contributed by atoms with van der Waals surface area (Å²) in [6, 6.07) is 12.1. The van der Waals surface area contributed by atoms with Crippen LogP contribution < -0.4 is 10.5 Å². The van der Waals surface area contributed by atoms with Crippen molar-refractivity contribution < 1.29 is 8.42 Å². The van der Waals surface area contributed by atoms with Gasteiger partial charge in [0.15, 0.2) is 0 Å². The third-order valence-corrected chi connectivity index (χ3v) is 4.71. The van der Waals surface area contributed by atoms with Crippen LogP contribution in [0.1, 0.15) is 0 Å². The second-order valence-corrected chi connectivity index (χ2v) is 6.40. The van der Waals surface area contributed by atoms with Gasteiger partial charge >= 0.3 is 0 Å². The summed E-state index contributed by atoms with van der Waals surface area (Å²) in [4.78, 5) is 0.167. The molecule has 0 radical (unpaired) electrons. The number of aromatic nitrogens is 2. The van der Waals surface area contributed by atoms with E-state index >= 15 is 0 Å². The molecule has 0 unspecified atom stereocenters. The number of benzene rings is 2. The highest BCUT2D eigenvalue weighted by atomic mass is 32.2. The van der Waals surface area contributed by atoms with Gasteiger partial charge in [0.2, 0.25) is 10.0 Å². The summed E-state index contributed by atoms with van der Waals surface area (Å²) in [5.74, 6) is 0. The number of nitrogens with two attached hydrogens (primary N) is 1. The van der Waals surface area contributed by atoms with Crippen molar-refractivity contribution in [3.63, 3.8) is 0 Å². The molecule has 6 nitrogen and oxygen atoms in total. The van der Waals surface area contributed by atoms with Gasteiger partial charge in [-0.25, -0.2) is 17.8 Å². The highest BCUT2D eigenvalue weighted by molar-refractivity contribution is 7.89. The van der Waals surface area contributed by atoms with Crippen LogP contribution in [-0.4, -0.2) is 25.2 Å². The lowest BCUT2D eigenvalue weighted by Crippen LogP contribution is -2.20. The third-order valence-electron chi connectivity index (χ3n) is 3.25. The van der Waals surface area contributed by atoms with Gasteiger partial charge < -0.3 is 5.73 Å². The summed E-state index contributed by atoms with van der Waals surface area (Å²) < 4.78 is 28.2. The lowest BCUT2D eigenvalue weighted by molar-refractivity contribution is 0.587. The fourth-order valence-electron chi connectivity index (χ4n) is 2.20. The Morgan fingerprint density at radius 2 is 1.95 bits per heavy atom. The molecular formula is C14H14N4O2S. The highest BCUT2D eigenvalue weighted by Crippen LogP contribution is 2.25. The average molecular weight is 302 g/mol. The van der Waals surface area contributed by atoms with Crippen LogP contribution in [0.4, 0.5) is 5.69 Å². The maximum atomic E-state index is 12.1. The van der Waals surface area contributed by atoms with Gasteiger partial charge in [0.1, 0.15) is 4.90 Å². The van der Waals surface area contributed by atoms with E-state index in [1.807, 2.05) is 6.07 Å². The SMILES string of the molecule is CNS(=O)(=O)c1ccccc1-n1ncc2ccc(N)cc21. The minimum atomic E-state index is -3.58. The fraction of sp³-hybridized carbons (Fsp3) is 0.0714. The maximum absolute atomic E-state index is 12.1. The number of hydrogen-bond donors (Lipinski definition) is 2. The zero-order chi connectivity index (χ0) is 15.0. The normalized spacial score (nSPS) is 11.9. The van der Waals surface area contributed by atoms with Gasteiger partial charge in [-0.1, -0.05) is 12.1 Å². The van der Waals surface area contributed by atoms with E-state index < -0.39 is 10.0 Å². The van der Waals surface area contributed by atoms with E-state index in [2.05, 4.69) is 9.82 Å². The third kappa shape index (κ3) is 2.26. The van der Waals surface area contributed by atoms with E-state index in [9.17, 15) is 8.42 Å². The molecule has 0 saturated carbocycles. The van der Waals surface area contributed by atoms with Crippen molar-refractivity contribution in [3.8, 4) is 5.69 Å². The first-order valence-electron chi connectivity index (χ1n) is 6.29. The molecule has 3 rings (SSSR count). The number of rotatable bonds is 3. The van der Waals surface area contributed by atoms with Crippen LogP contribution in [0.2, 0.25) is 0 Å².